The van der Waals surface area contributed by atoms with Crippen LogP contribution < -0.4 is 5.73 Å². The fraction of sp³-hybridized carbons (Fsp3) is 1.00. The molecule has 0 aromatic rings. The van der Waals surface area contributed by atoms with E-state index in [0.717, 1.165) is 0 Å². The lowest BCUT2D eigenvalue weighted by atomic mass is 9.98. The molecule has 3 unspecified atom stereocenters. The predicted octanol–water partition coefficient (Wildman–Crippen LogP) is 0.913. The lowest BCUT2D eigenvalue weighted by Gasteiger charge is -2.21. The second-order valence-electron chi connectivity index (χ2n) is 4.36. The fourth-order valence-electron chi connectivity index (χ4n) is 2.43. The van der Waals surface area contributed by atoms with Crippen LogP contribution in [-0.2, 0) is 0 Å². The molecule has 2 rings (SSSR count). The molecule has 2 N–H and O–H groups in total. The lowest BCUT2D eigenvalue weighted by molar-refractivity contribution is 0.398. The highest BCUT2D eigenvalue weighted by molar-refractivity contribution is 8.01. The Labute approximate surface area is 78.9 Å². The summed E-state index contributed by atoms with van der Waals surface area (Å²) in [4.78, 5) is 2.43. The van der Waals surface area contributed by atoms with Gasteiger partial charge in [-0.3, -0.25) is 0 Å². The Morgan fingerprint density at radius 1 is 1.58 bits per heavy atom. The highest BCUT2D eigenvalue weighted by atomic mass is 32.2. The molecule has 0 aromatic heterocycles. The summed E-state index contributed by atoms with van der Waals surface area (Å²) in [7, 11) is 2.21. The van der Waals surface area contributed by atoms with Gasteiger partial charge in [-0.2, -0.15) is 0 Å². The smallest absolute Gasteiger partial charge is 0.0317 e. The van der Waals surface area contributed by atoms with E-state index in [4.69, 9.17) is 5.73 Å². The summed E-state index contributed by atoms with van der Waals surface area (Å²) in [5, 5.41) is 0.663. The molecule has 0 bridgehead atoms. The van der Waals surface area contributed by atoms with Crippen molar-refractivity contribution in [3.63, 3.8) is 0 Å². The van der Waals surface area contributed by atoms with Crippen LogP contribution >= 0.6 is 11.8 Å². The molecule has 1 spiro atoms. The molecule has 2 saturated heterocycles. The van der Waals surface area contributed by atoms with Crippen LogP contribution in [0.25, 0.3) is 0 Å². The second-order valence-corrected chi connectivity index (χ2v) is 6.21. The monoisotopic (exact) mass is 186 g/mol. The molecule has 2 nitrogen and oxygen atoms in total. The van der Waals surface area contributed by atoms with Crippen LogP contribution in [0.3, 0.4) is 0 Å². The largest absolute Gasteiger partial charge is 0.327 e. The van der Waals surface area contributed by atoms with E-state index < -0.39 is 0 Å². The summed E-state index contributed by atoms with van der Waals surface area (Å²) in [6.07, 6.45) is 2.56. The number of thioether (sulfide) groups is 1. The summed E-state index contributed by atoms with van der Waals surface area (Å²) in [6, 6.07) is 0.432. The van der Waals surface area contributed by atoms with Crippen molar-refractivity contribution in [3.8, 4) is 0 Å². The zero-order valence-electron chi connectivity index (χ0n) is 7.92. The maximum atomic E-state index is 6.04. The molecule has 2 fully saturated rings. The van der Waals surface area contributed by atoms with Crippen molar-refractivity contribution in [2.45, 2.75) is 35.8 Å². The lowest BCUT2D eigenvalue weighted by Crippen LogP contribution is -2.30. The summed E-state index contributed by atoms with van der Waals surface area (Å²) >= 11 is 2.12. The summed E-state index contributed by atoms with van der Waals surface area (Å²) in [5.41, 5.74) is 6.04. The maximum absolute atomic E-state index is 6.04. The molecule has 0 aliphatic carbocycles. The van der Waals surface area contributed by atoms with Crippen LogP contribution in [0.2, 0.25) is 0 Å². The number of nitrogens with zero attached hydrogens (tertiary/aromatic N) is 1. The molecule has 3 heteroatoms. The van der Waals surface area contributed by atoms with Gasteiger partial charge in [0.2, 0.25) is 0 Å². The fourth-order valence-corrected chi connectivity index (χ4v) is 4.29. The van der Waals surface area contributed by atoms with Crippen LogP contribution in [-0.4, -0.2) is 41.1 Å². The van der Waals surface area contributed by atoms with Gasteiger partial charge in [0.05, 0.1) is 0 Å². The van der Waals surface area contributed by atoms with Crippen LogP contribution in [0.15, 0.2) is 0 Å². The van der Waals surface area contributed by atoms with E-state index in [1.807, 2.05) is 0 Å². The van der Waals surface area contributed by atoms with E-state index >= 15 is 0 Å². The van der Waals surface area contributed by atoms with E-state index in [0.29, 0.717) is 16.0 Å². The van der Waals surface area contributed by atoms with E-state index in [1.54, 1.807) is 0 Å². The number of hydrogen-bond donors (Lipinski definition) is 1. The van der Waals surface area contributed by atoms with Gasteiger partial charge in [-0.15, -0.1) is 11.8 Å². The first kappa shape index (κ1) is 8.85. The molecular weight excluding hydrogens is 168 g/mol. The summed E-state index contributed by atoms with van der Waals surface area (Å²) < 4.78 is 0.521. The van der Waals surface area contributed by atoms with Gasteiger partial charge in [0.1, 0.15) is 0 Å². The Morgan fingerprint density at radius 2 is 2.33 bits per heavy atom. The van der Waals surface area contributed by atoms with Gasteiger partial charge in [-0.25, -0.2) is 0 Å². The molecule has 0 saturated carbocycles. The van der Waals surface area contributed by atoms with Gasteiger partial charge >= 0.3 is 0 Å². The van der Waals surface area contributed by atoms with E-state index in [-0.39, 0.29) is 0 Å². The molecule has 70 valence electrons. The second kappa shape index (κ2) is 2.89. The third-order valence-electron chi connectivity index (χ3n) is 3.15. The average Bonchev–Trinajstić information content (AvgIpc) is 2.42. The highest BCUT2D eigenvalue weighted by Gasteiger charge is 2.45. The van der Waals surface area contributed by atoms with Gasteiger partial charge in [0.15, 0.2) is 0 Å². The molecule has 2 aliphatic rings. The third kappa shape index (κ3) is 1.38. The zero-order chi connectivity index (χ0) is 8.77. The Morgan fingerprint density at radius 3 is 2.75 bits per heavy atom. The van der Waals surface area contributed by atoms with Crippen molar-refractivity contribution >= 4 is 11.8 Å². The van der Waals surface area contributed by atoms with Crippen LogP contribution in [0.5, 0.6) is 0 Å². The predicted molar refractivity (Wildman–Crippen MR) is 54.5 cm³/mol. The Balaban J connectivity index is 2.05. The van der Waals surface area contributed by atoms with Crippen molar-refractivity contribution in [3.05, 3.63) is 0 Å². The van der Waals surface area contributed by atoms with Crippen molar-refractivity contribution in [2.75, 3.05) is 20.1 Å². The SMILES string of the molecule is CC1SC2(CCN(C)C2)CC1N. The minimum absolute atomic E-state index is 0.432. The van der Waals surface area contributed by atoms with Crippen molar-refractivity contribution in [1.29, 1.82) is 0 Å². The van der Waals surface area contributed by atoms with Crippen molar-refractivity contribution in [1.82, 2.24) is 4.90 Å². The Hall–Kier alpha value is 0.270. The van der Waals surface area contributed by atoms with Crippen LogP contribution in [0.1, 0.15) is 19.8 Å². The first-order chi connectivity index (χ1) is 5.61. The van der Waals surface area contributed by atoms with Crippen LogP contribution in [0.4, 0.5) is 0 Å². The minimum Gasteiger partial charge on any atom is -0.327 e. The molecule has 2 aliphatic heterocycles. The molecule has 0 radical (unpaired) electrons. The topological polar surface area (TPSA) is 29.3 Å². The van der Waals surface area contributed by atoms with Crippen LogP contribution in [0, 0.1) is 0 Å². The molecule has 0 amide bonds. The third-order valence-corrected chi connectivity index (χ3v) is 4.88. The molecule has 0 aromatic carbocycles. The molecule has 2 heterocycles. The Kier molecular flexibility index (Phi) is 2.13. The van der Waals surface area contributed by atoms with E-state index in [2.05, 4.69) is 30.6 Å². The minimum atomic E-state index is 0.432. The first-order valence-corrected chi connectivity index (χ1v) is 5.61. The van der Waals surface area contributed by atoms with Gasteiger partial charge in [0.25, 0.3) is 0 Å². The highest BCUT2D eigenvalue weighted by Crippen LogP contribution is 2.47. The number of nitrogens with two attached hydrogens (primary N) is 1. The first-order valence-electron chi connectivity index (χ1n) is 4.73. The van der Waals surface area contributed by atoms with Crippen molar-refractivity contribution < 1.29 is 0 Å². The normalized spacial score (nSPS) is 49.2. The van der Waals surface area contributed by atoms with Gasteiger partial charge in [-0.1, -0.05) is 6.92 Å². The van der Waals surface area contributed by atoms with E-state index in [1.165, 1.54) is 25.9 Å². The molecular formula is C9H18N2S. The average molecular weight is 186 g/mol. The Bertz CT molecular complexity index is 173. The zero-order valence-corrected chi connectivity index (χ0v) is 8.73. The van der Waals surface area contributed by atoms with Crippen molar-refractivity contribution in [2.24, 2.45) is 5.73 Å². The molecule has 12 heavy (non-hydrogen) atoms. The number of likely N-dealkylation sites (tertiary alicyclic amines) is 1. The quantitative estimate of drug-likeness (QED) is 0.610. The van der Waals surface area contributed by atoms with Gasteiger partial charge < -0.3 is 10.6 Å². The van der Waals surface area contributed by atoms with E-state index in [9.17, 15) is 0 Å². The molecule has 3 atom stereocenters. The maximum Gasteiger partial charge on any atom is 0.0317 e. The van der Waals surface area contributed by atoms with Gasteiger partial charge in [-0.05, 0) is 26.4 Å². The number of rotatable bonds is 0. The summed E-state index contributed by atoms with van der Waals surface area (Å²) in [5.74, 6) is 0. The standard InChI is InChI=1S/C9H18N2S/c1-7-8(10)5-9(12-7)3-4-11(2)6-9/h7-8H,3-6,10H2,1-2H3. The van der Waals surface area contributed by atoms with Gasteiger partial charge in [0, 0.05) is 22.6 Å². The summed E-state index contributed by atoms with van der Waals surface area (Å²) in [6.45, 7) is 4.77. The number of hydrogen-bond acceptors (Lipinski definition) is 3.